The second-order valence-electron chi connectivity index (χ2n) is 3.31. The Morgan fingerprint density at radius 1 is 1.12 bits per heavy atom. The normalized spacial score (nSPS) is 12.2. The van der Waals surface area contributed by atoms with E-state index in [9.17, 15) is 13.2 Å². The number of nitrogens with zero attached hydrogens (tertiary/aromatic N) is 2. The van der Waals surface area contributed by atoms with Gasteiger partial charge in [0.05, 0.1) is 23.2 Å². The Morgan fingerprint density at radius 2 is 1.82 bits per heavy atom. The van der Waals surface area contributed by atoms with Crippen LogP contribution in [0.15, 0.2) is 41.5 Å². The van der Waals surface area contributed by atoms with Crippen molar-refractivity contribution in [2.24, 2.45) is 4.99 Å². The van der Waals surface area contributed by atoms with E-state index in [1.165, 1.54) is 18.3 Å². The lowest BCUT2D eigenvalue weighted by Gasteiger charge is -2.05. The fraction of sp³-hybridized carbons (Fsp3) is 0.0909. The molecule has 1 heterocycles. The number of benzene rings is 1. The summed E-state index contributed by atoms with van der Waals surface area (Å²) in [7, 11) is 0. The minimum atomic E-state index is -4.31. The topological polar surface area (TPSA) is 41.0 Å². The first kappa shape index (κ1) is 11.4. The molecule has 0 fully saturated rings. The number of aromatic amines is 1. The van der Waals surface area contributed by atoms with E-state index in [1.807, 2.05) is 0 Å². The van der Waals surface area contributed by atoms with Gasteiger partial charge in [-0.05, 0) is 30.3 Å². The van der Waals surface area contributed by atoms with E-state index in [0.717, 1.165) is 12.1 Å². The Morgan fingerprint density at radius 3 is 2.35 bits per heavy atom. The second-order valence-corrected chi connectivity index (χ2v) is 3.31. The molecular formula is C11H8F3N3. The van der Waals surface area contributed by atoms with Gasteiger partial charge < -0.3 is 0 Å². The molecule has 2 rings (SSSR count). The van der Waals surface area contributed by atoms with Gasteiger partial charge in [0.15, 0.2) is 0 Å². The SMILES string of the molecule is FC(F)(F)c1ccc(N=Cc2ccn[nH]2)cc1. The van der Waals surface area contributed by atoms with Gasteiger partial charge in [-0.25, -0.2) is 0 Å². The summed E-state index contributed by atoms with van der Waals surface area (Å²) in [5, 5.41) is 6.38. The van der Waals surface area contributed by atoms with Gasteiger partial charge in [-0.2, -0.15) is 18.3 Å². The highest BCUT2D eigenvalue weighted by atomic mass is 19.4. The minimum Gasteiger partial charge on any atom is -0.277 e. The van der Waals surface area contributed by atoms with Crippen molar-refractivity contribution >= 4 is 11.9 Å². The number of nitrogens with one attached hydrogen (secondary N) is 1. The summed E-state index contributed by atoms with van der Waals surface area (Å²) in [6, 6.07) is 6.33. The van der Waals surface area contributed by atoms with Gasteiger partial charge in [-0.15, -0.1) is 0 Å². The molecule has 2 aromatic rings. The molecule has 1 N–H and O–H groups in total. The summed E-state index contributed by atoms with van der Waals surface area (Å²) in [5.74, 6) is 0. The zero-order valence-corrected chi connectivity index (χ0v) is 8.57. The zero-order valence-electron chi connectivity index (χ0n) is 8.57. The van der Waals surface area contributed by atoms with Crippen molar-refractivity contribution in [3.05, 3.63) is 47.8 Å². The van der Waals surface area contributed by atoms with Crippen LogP contribution >= 0.6 is 0 Å². The van der Waals surface area contributed by atoms with Crippen LogP contribution in [0.4, 0.5) is 18.9 Å². The summed E-state index contributed by atoms with van der Waals surface area (Å²) in [5.41, 5.74) is 0.454. The van der Waals surface area contributed by atoms with Crippen LogP contribution in [0, 0.1) is 0 Å². The van der Waals surface area contributed by atoms with Crippen molar-refractivity contribution in [3.8, 4) is 0 Å². The minimum absolute atomic E-state index is 0.451. The van der Waals surface area contributed by atoms with Crippen LogP contribution in [0.5, 0.6) is 0 Å². The third kappa shape index (κ3) is 2.93. The quantitative estimate of drug-likeness (QED) is 0.803. The number of halogens is 3. The molecule has 0 radical (unpaired) electrons. The highest BCUT2D eigenvalue weighted by molar-refractivity contribution is 5.79. The lowest BCUT2D eigenvalue weighted by molar-refractivity contribution is -0.137. The van der Waals surface area contributed by atoms with E-state index < -0.39 is 11.7 Å². The van der Waals surface area contributed by atoms with E-state index in [-0.39, 0.29) is 0 Å². The van der Waals surface area contributed by atoms with E-state index >= 15 is 0 Å². The number of aromatic nitrogens is 2. The molecule has 0 aliphatic rings. The van der Waals surface area contributed by atoms with Crippen molar-refractivity contribution in [3.63, 3.8) is 0 Å². The predicted molar refractivity (Wildman–Crippen MR) is 57.3 cm³/mol. The van der Waals surface area contributed by atoms with E-state index in [2.05, 4.69) is 15.2 Å². The Labute approximate surface area is 95.0 Å². The summed E-state index contributed by atoms with van der Waals surface area (Å²) < 4.78 is 36.8. The lowest BCUT2D eigenvalue weighted by atomic mass is 10.2. The number of aliphatic imine (C=N–C) groups is 1. The maximum atomic E-state index is 12.3. The van der Waals surface area contributed by atoms with Crippen LogP contribution in [-0.2, 0) is 6.18 Å². The fourth-order valence-electron chi connectivity index (χ4n) is 1.22. The standard InChI is InChI=1S/C11H8F3N3/c12-11(13,14)8-1-3-9(4-2-8)15-7-10-5-6-16-17-10/h1-7H,(H,16,17). The molecule has 17 heavy (non-hydrogen) atoms. The van der Waals surface area contributed by atoms with Crippen LogP contribution in [0.1, 0.15) is 11.3 Å². The van der Waals surface area contributed by atoms with Gasteiger partial charge in [-0.1, -0.05) is 0 Å². The number of alkyl halides is 3. The van der Waals surface area contributed by atoms with Gasteiger partial charge in [0.1, 0.15) is 0 Å². The third-order valence-corrected chi connectivity index (χ3v) is 2.07. The molecule has 0 aliphatic carbocycles. The first-order valence-corrected chi connectivity index (χ1v) is 4.76. The number of H-pyrrole nitrogens is 1. The van der Waals surface area contributed by atoms with Gasteiger partial charge in [-0.3, -0.25) is 10.1 Å². The number of rotatable bonds is 2. The Bertz CT molecular complexity index is 498. The Hall–Kier alpha value is -2.11. The number of hydrogen-bond acceptors (Lipinski definition) is 2. The zero-order chi connectivity index (χ0) is 12.3. The van der Waals surface area contributed by atoms with Crippen molar-refractivity contribution in [2.75, 3.05) is 0 Å². The average molecular weight is 239 g/mol. The average Bonchev–Trinajstić information content (AvgIpc) is 2.78. The summed E-state index contributed by atoms with van der Waals surface area (Å²) >= 11 is 0. The molecule has 0 aliphatic heterocycles. The molecule has 0 bridgehead atoms. The maximum Gasteiger partial charge on any atom is 0.416 e. The highest BCUT2D eigenvalue weighted by Gasteiger charge is 2.29. The number of hydrogen-bond donors (Lipinski definition) is 1. The first-order valence-electron chi connectivity index (χ1n) is 4.76. The molecule has 1 aromatic carbocycles. The lowest BCUT2D eigenvalue weighted by Crippen LogP contribution is -2.03. The molecule has 1 aromatic heterocycles. The van der Waals surface area contributed by atoms with E-state index in [0.29, 0.717) is 11.4 Å². The van der Waals surface area contributed by atoms with Crippen LogP contribution < -0.4 is 0 Å². The fourth-order valence-corrected chi connectivity index (χ4v) is 1.22. The summed E-state index contributed by atoms with van der Waals surface area (Å²) in [6.07, 6.45) is -1.25. The molecule has 0 saturated heterocycles. The predicted octanol–water partition coefficient (Wildman–Crippen LogP) is 3.18. The molecule has 6 heteroatoms. The van der Waals surface area contributed by atoms with Crippen molar-refractivity contribution in [2.45, 2.75) is 6.18 Å². The van der Waals surface area contributed by atoms with E-state index in [1.54, 1.807) is 12.3 Å². The third-order valence-electron chi connectivity index (χ3n) is 2.07. The molecule has 0 saturated carbocycles. The van der Waals surface area contributed by atoms with Crippen LogP contribution in [0.2, 0.25) is 0 Å². The largest absolute Gasteiger partial charge is 0.416 e. The molecule has 3 nitrogen and oxygen atoms in total. The van der Waals surface area contributed by atoms with Gasteiger partial charge in [0.2, 0.25) is 0 Å². The van der Waals surface area contributed by atoms with Gasteiger partial charge in [0, 0.05) is 6.20 Å². The van der Waals surface area contributed by atoms with Gasteiger partial charge >= 0.3 is 6.18 Å². The highest BCUT2D eigenvalue weighted by Crippen LogP contribution is 2.30. The first-order chi connectivity index (χ1) is 8.05. The molecule has 0 spiro atoms. The molecule has 88 valence electrons. The van der Waals surface area contributed by atoms with E-state index in [4.69, 9.17) is 0 Å². The van der Waals surface area contributed by atoms with Crippen molar-refractivity contribution < 1.29 is 13.2 Å². The molecule has 0 atom stereocenters. The second kappa shape index (κ2) is 4.40. The van der Waals surface area contributed by atoms with Crippen molar-refractivity contribution in [1.29, 1.82) is 0 Å². The van der Waals surface area contributed by atoms with Gasteiger partial charge in [0.25, 0.3) is 0 Å². The summed E-state index contributed by atoms with van der Waals surface area (Å²) in [6.45, 7) is 0. The smallest absolute Gasteiger partial charge is 0.277 e. The Balaban J connectivity index is 2.14. The van der Waals surface area contributed by atoms with Crippen LogP contribution in [0.25, 0.3) is 0 Å². The summed E-state index contributed by atoms with van der Waals surface area (Å²) in [4.78, 5) is 4.01. The van der Waals surface area contributed by atoms with Crippen LogP contribution in [-0.4, -0.2) is 16.4 Å². The van der Waals surface area contributed by atoms with Crippen molar-refractivity contribution in [1.82, 2.24) is 10.2 Å². The Kier molecular flexibility index (Phi) is 2.95. The molecular weight excluding hydrogens is 231 g/mol. The monoisotopic (exact) mass is 239 g/mol. The molecule has 0 unspecified atom stereocenters. The maximum absolute atomic E-state index is 12.3. The molecule has 0 amide bonds. The van der Waals surface area contributed by atoms with Crippen LogP contribution in [0.3, 0.4) is 0 Å².